The van der Waals surface area contributed by atoms with Crippen LogP contribution < -0.4 is 9.64 Å². The molecule has 0 aliphatic carbocycles. The molecule has 1 amide bonds. The van der Waals surface area contributed by atoms with E-state index in [4.69, 9.17) is 27.9 Å². The summed E-state index contributed by atoms with van der Waals surface area (Å²) in [7, 11) is 0. The van der Waals surface area contributed by atoms with Crippen LogP contribution in [0, 0.1) is 5.92 Å². The van der Waals surface area contributed by atoms with Crippen LogP contribution in [0.1, 0.15) is 25.3 Å². The number of ether oxygens (including phenoxy) is 1. The predicted molar refractivity (Wildman–Crippen MR) is 131 cm³/mol. The standard InChI is InChI=1S/C25H31Cl2N3O2/c1-2-32-24-6-4-3-5-23(24)29-13-15-30(16-14-29)25(31)20-9-11-28(12-10-20)18-19-7-8-21(26)22(27)17-19/h3-8,17,20H,2,9-16,18H2,1H3. The van der Waals surface area contributed by atoms with Crippen LogP contribution in [0.4, 0.5) is 5.69 Å². The molecule has 172 valence electrons. The van der Waals surface area contributed by atoms with Gasteiger partial charge in [0.2, 0.25) is 5.91 Å². The highest BCUT2D eigenvalue weighted by molar-refractivity contribution is 6.42. The molecule has 2 aromatic rings. The van der Waals surface area contributed by atoms with Gasteiger partial charge < -0.3 is 14.5 Å². The number of likely N-dealkylation sites (tertiary alicyclic amines) is 1. The van der Waals surface area contributed by atoms with Gasteiger partial charge in [0.15, 0.2) is 0 Å². The fourth-order valence-corrected chi connectivity index (χ4v) is 4.98. The van der Waals surface area contributed by atoms with Crippen molar-refractivity contribution in [1.29, 1.82) is 0 Å². The van der Waals surface area contributed by atoms with Crippen molar-refractivity contribution in [1.82, 2.24) is 9.80 Å². The van der Waals surface area contributed by atoms with Crippen LogP contribution in [0.5, 0.6) is 5.75 Å². The lowest BCUT2D eigenvalue weighted by Gasteiger charge is -2.39. The topological polar surface area (TPSA) is 36.0 Å². The van der Waals surface area contributed by atoms with Crippen LogP contribution in [0.2, 0.25) is 10.0 Å². The number of carbonyl (C=O) groups is 1. The summed E-state index contributed by atoms with van der Waals surface area (Å²) in [4.78, 5) is 19.9. The molecule has 2 saturated heterocycles. The molecule has 32 heavy (non-hydrogen) atoms. The first-order valence-corrected chi connectivity index (χ1v) is 12.2. The van der Waals surface area contributed by atoms with E-state index in [1.807, 2.05) is 43.3 Å². The summed E-state index contributed by atoms with van der Waals surface area (Å²) in [5.74, 6) is 1.36. The Morgan fingerprint density at radius 2 is 1.69 bits per heavy atom. The predicted octanol–water partition coefficient (Wildman–Crippen LogP) is 4.95. The number of para-hydroxylation sites is 2. The molecule has 0 saturated carbocycles. The van der Waals surface area contributed by atoms with Gasteiger partial charge in [-0.3, -0.25) is 9.69 Å². The Morgan fingerprint density at radius 1 is 0.969 bits per heavy atom. The third-order valence-corrected chi connectivity index (χ3v) is 7.16. The smallest absolute Gasteiger partial charge is 0.225 e. The van der Waals surface area contributed by atoms with Gasteiger partial charge in [0.25, 0.3) is 0 Å². The molecular weight excluding hydrogens is 445 g/mol. The van der Waals surface area contributed by atoms with Crippen molar-refractivity contribution in [3.63, 3.8) is 0 Å². The number of anilines is 1. The molecule has 2 aliphatic rings. The Hall–Kier alpha value is -1.95. The quantitative estimate of drug-likeness (QED) is 0.591. The molecule has 2 fully saturated rings. The summed E-state index contributed by atoms with van der Waals surface area (Å²) in [6, 6.07) is 14.0. The second kappa shape index (κ2) is 10.8. The van der Waals surface area contributed by atoms with Crippen LogP contribution in [0.3, 0.4) is 0 Å². The largest absolute Gasteiger partial charge is 0.492 e. The molecule has 0 bridgehead atoms. The average molecular weight is 476 g/mol. The van der Waals surface area contributed by atoms with Gasteiger partial charge in [-0.05, 0) is 62.7 Å². The highest BCUT2D eigenvalue weighted by Gasteiger charge is 2.31. The van der Waals surface area contributed by atoms with Crippen molar-refractivity contribution in [2.24, 2.45) is 5.92 Å². The molecule has 0 spiro atoms. The normalized spacial score (nSPS) is 18.1. The minimum atomic E-state index is 0.127. The number of amides is 1. The highest BCUT2D eigenvalue weighted by Crippen LogP contribution is 2.30. The molecule has 2 heterocycles. The van der Waals surface area contributed by atoms with Gasteiger partial charge in [-0.25, -0.2) is 0 Å². The van der Waals surface area contributed by atoms with Crippen molar-refractivity contribution >= 4 is 34.8 Å². The van der Waals surface area contributed by atoms with Crippen molar-refractivity contribution in [2.75, 3.05) is 50.8 Å². The van der Waals surface area contributed by atoms with Crippen molar-refractivity contribution in [3.05, 3.63) is 58.1 Å². The first-order chi connectivity index (χ1) is 15.5. The number of hydrogen-bond donors (Lipinski definition) is 0. The number of benzene rings is 2. The lowest BCUT2D eigenvalue weighted by Crippen LogP contribution is -2.51. The van der Waals surface area contributed by atoms with Gasteiger partial charge in [0, 0.05) is 38.6 Å². The molecule has 0 unspecified atom stereocenters. The van der Waals surface area contributed by atoms with E-state index in [-0.39, 0.29) is 5.92 Å². The molecule has 0 atom stereocenters. The molecule has 0 N–H and O–H groups in total. The van der Waals surface area contributed by atoms with Crippen molar-refractivity contribution in [2.45, 2.75) is 26.3 Å². The van der Waals surface area contributed by atoms with E-state index >= 15 is 0 Å². The average Bonchev–Trinajstić information content (AvgIpc) is 2.82. The van der Waals surface area contributed by atoms with E-state index in [1.165, 1.54) is 0 Å². The number of rotatable bonds is 6. The molecule has 2 aromatic carbocycles. The zero-order valence-electron chi connectivity index (χ0n) is 18.6. The Morgan fingerprint density at radius 3 is 2.38 bits per heavy atom. The van der Waals surface area contributed by atoms with Gasteiger partial charge in [0.05, 0.1) is 22.3 Å². The summed E-state index contributed by atoms with van der Waals surface area (Å²) >= 11 is 12.2. The summed E-state index contributed by atoms with van der Waals surface area (Å²) in [5, 5.41) is 1.18. The maximum absolute atomic E-state index is 13.1. The fourth-order valence-electron chi connectivity index (χ4n) is 4.66. The molecule has 5 nitrogen and oxygen atoms in total. The summed E-state index contributed by atoms with van der Waals surface area (Å²) in [6.07, 6.45) is 1.82. The number of piperidine rings is 1. The van der Waals surface area contributed by atoms with Crippen LogP contribution in [0.25, 0.3) is 0 Å². The van der Waals surface area contributed by atoms with E-state index in [2.05, 4.69) is 20.8 Å². The molecule has 2 aliphatic heterocycles. The maximum Gasteiger partial charge on any atom is 0.225 e. The monoisotopic (exact) mass is 475 g/mol. The lowest BCUT2D eigenvalue weighted by atomic mass is 9.94. The minimum Gasteiger partial charge on any atom is -0.492 e. The van der Waals surface area contributed by atoms with Gasteiger partial charge in [-0.1, -0.05) is 41.4 Å². The molecule has 7 heteroatoms. The van der Waals surface area contributed by atoms with Crippen LogP contribution in [-0.4, -0.2) is 61.6 Å². The van der Waals surface area contributed by atoms with Crippen LogP contribution >= 0.6 is 23.2 Å². The minimum absolute atomic E-state index is 0.127. The van der Waals surface area contributed by atoms with E-state index < -0.39 is 0 Å². The van der Waals surface area contributed by atoms with E-state index in [0.29, 0.717) is 22.6 Å². The van der Waals surface area contributed by atoms with Gasteiger partial charge in [-0.15, -0.1) is 0 Å². The number of carbonyl (C=O) groups excluding carboxylic acids is 1. The zero-order chi connectivity index (χ0) is 22.5. The Bertz CT molecular complexity index is 923. The van der Waals surface area contributed by atoms with Gasteiger partial charge in [-0.2, -0.15) is 0 Å². The van der Waals surface area contributed by atoms with Crippen LogP contribution in [0.15, 0.2) is 42.5 Å². The summed E-state index contributed by atoms with van der Waals surface area (Å²) in [5.41, 5.74) is 2.28. The third kappa shape index (κ3) is 5.51. The SMILES string of the molecule is CCOc1ccccc1N1CCN(C(=O)C2CCN(Cc3ccc(Cl)c(Cl)c3)CC2)CC1. The summed E-state index contributed by atoms with van der Waals surface area (Å²) < 4.78 is 5.78. The Balaban J connectivity index is 1.26. The van der Waals surface area contributed by atoms with Gasteiger partial charge in [0.1, 0.15) is 5.75 Å². The van der Waals surface area contributed by atoms with Crippen LogP contribution in [-0.2, 0) is 11.3 Å². The molecule has 0 radical (unpaired) electrons. The molecule has 0 aromatic heterocycles. The second-order valence-corrected chi connectivity index (χ2v) is 9.33. The van der Waals surface area contributed by atoms with Crippen molar-refractivity contribution < 1.29 is 9.53 Å². The summed E-state index contributed by atoms with van der Waals surface area (Å²) in [6.45, 7) is 8.57. The van der Waals surface area contributed by atoms with E-state index in [0.717, 1.165) is 75.7 Å². The van der Waals surface area contributed by atoms with E-state index in [1.54, 1.807) is 0 Å². The first kappa shape index (κ1) is 23.2. The molecule has 4 rings (SSSR count). The first-order valence-electron chi connectivity index (χ1n) is 11.5. The number of hydrogen-bond acceptors (Lipinski definition) is 4. The second-order valence-electron chi connectivity index (χ2n) is 8.51. The Labute approximate surface area is 200 Å². The number of halogens is 2. The fraction of sp³-hybridized carbons (Fsp3) is 0.480. The maximum atomic E-state index is 13.1. The lowest BCUT2D eigenvalue weighted by molar-refractivity contribution is -0.137. The van der Waals surface area contributed by atoms with Crippen molar-refractivity contribution in [3.8, 4) is 5.75 Å². The highest BCUT2D eigenvalue weighted by atomic mass is 35.5. The number of piperazine rings is 1. The van der Waals surface area contributed by atoms with Gasteiger partial charge >= 0.3 is 0 Å². The number of nitrogens with zero attached hydrogens (tertiary/aromatic N) is 3. The molecular formula is C25H31Cl2N3O2. The van der Waals surface area contributed by atoms with E-state index in [9.17, 15) is 4.79 Å². The Kier molecular flexibility index (Phi) is 7.82. The third-order valence-electron chi connectivity index (χ3n) is 6.42. The zero-order valence-corrected chi connectivity index (χ0v) is 20.1.